The number of urea groups is 1. The minimum absolute atomic E-state index is 0.108. The molecule has 0 saturated carbocycles. The van der Waals surface area contributed by atoms with E-state index >= 15 is 0 Å². The van der Waals surface area contributed by atoms with E-state index < -0.39 is 11.6 Å². The number of aromatic nitrogens is 2. The molecule has 1 aromatic heterocycles. The van der Waals surface area contributed by atoms with Crippen molar-refractivity contribution in [2.45, 2.75) is 25.4 Å². The van der Waals surface area contributed by atoms with E-state index in [1.54, 1.807) is 24.3 Å². The van der Waals surface area contributed by atoms with Crippen molar-refractivity contribution in [1.82, 2.24) is 20.4 Å². The summed E-state index contributed by atoms with van der Waals surface area (Å²) in [6, 6.07) is 13.7. The summed E-state index contributed by atoms with van der Waals surface area (Å²) in [5.74, 6) is 0.129. The average molecular weight is 476 g/mol. The van der Waals surface area contributed by atoms with Crippen LogP contribution in [0.1, 0.15) is 24.8 Å². The number of amides is 3. The Morgan fingerprint density at radius 1 is 1.10 bits per heavy atom. The van der Waals surface area contributed by atoms with Crippen molar-refractivity contribution in [2.24, 2.45) is 0 Å². The van der Waals surface area contributed by atoms with Gasteiger partial charge in [0.2, 0.25) is 11.8 Å². The van der Waals surface area contributed by atoms with E-state index in [4.69, 9.17) is 16.0 Å². The largest absolute Gasteiger partial charge is 0.419 e. The topological polar surface area (TPSA) is 88.3 Å². The third-order valence-electron chi connectivity index (χ3n) is 4.89. The van der Waals surface area contributed by atoms with Crippen molar-refractivity contribution in [3.63, 3.8) is 0 Å². The van der Waals surface area contributed by atoms with Gasteiger partial charge in [0.05, 0.1) is 0 Å². The van der Waals surface area contributed by atoms with Gasteiger partial charge in [-0.15, -0.1) is 10.2 Å². The van der Waals surface area contributed by atoms with Crippen molar-refractivity contribution in [2.75, 3.05) is 0 Å². The first-order valence-corrected chi connectivity index (χ1v) is 10.1. The molecule has 1 aliphatic heterocycles. The molecule has 0 bridgehead atoms. The third-order valence-corrected chi connectivity index (χ3v) is 5.68. The van der Waals surface area contributed by atoms with Gasteiger partial charge < -0.3 is 9.73 Å². The number of imide groups is 1. The van der Waals surface area contributed by atoms with Crippen LogP contribution in [0.15, 0.2) is 57.4 Å². The maximum Gasteiger partial charge on any atom is 0.325 e. The molecule has 2 aromatic carbocycles. The Kier molecular flexibility index (Phi) is 5.14. The van der Waals surface area contributed by atoms with Gasteiger partial charge in [-0.05, 0) is 48.4 Å². The molecule has 2 heterocycles. The lowest BCUT2D eigenvalue weighted by atomic mass is 9.87. The van der Waals surface area contributed by atoms with E-state index in [9.17, 15) is 9.59 Å². The zero-order valence-corrected chi connectivity index (χ0v) is 17.7. The highest BCUT2D eigenvalue weighted by atomic mass is 79.9. The van der Waals surface area contributed by atoms with Crippen LogP contribution >= 0.6 is 27.5 Å². The molecular weight excluding hydrogens is 460 g/mol. The molecule has 9 heteroatoms. The van der Waals surface area contributed by atoms with Gasteiger partial charge in [-0.2, -0.15) is 0 Å². The van der Waals surface area contributed by atoms with Gasteiger partial charge in [0.15, 0.2) is 0 Å². The van der Waals surface area contributed by atoms with Crippen LogP contribution in [0.2, 0.25) is 5.02 Å². The minimum atomic E-state index is -1.14. The van der Waals surface area contributed by atoms with Crippen molar-refractivity contribution in [3.05, 3.63) is 69.5 Å². The summed E-state index contributed by atoms with van der Waals surface area (Å²) in [4.78, 5) is 26.9. The van der Waals surface area contributed by atoms with Gasteiger partial charge in [0.25, 0.3) is 5.91 Å². The number of carbonyl (C=O) groups excluding carboxylic acids is 2. The first kappa shape index (κ1) is 19.6. The number of hydrogen-bond donors (Lipinski definition) is 1. The van der Waals surface area contributed by atoms with Crippen LogP contribution in [0, 0.1) is 0 Å². The summed E-state index contributed by atoms with van der Waals surface area (Å²) in [6.07, 6.45) is 0.393. The summed E-state index contributed by atoms with van der Waals surface area (Å²) >= 11 is 9.33. The quantitative estimate of drug-likeness (QED) is 0.549. The number of nitrogens with one attached hydrogen (secondary N) is 1. The molecular formula is C20H16BrClN4O3. The molecule has 0 radical (unpaired) electrons. The lowest BCUT2D eigenvalue weighted by molar-refractivity contribution is -0.132. The van der Waals surface area contributed by atoms with E-state index in [0.717, 1.165) is 14.9 Å². The Balaban J connectivity index is 1.58. The van der Waals surface area contributed by atoms with Gasteiger partial charge in [-0.25, -0.2) is 4.79 Å². The van der Waals surface area contributed by atoms with Crippen molar-refractivity contribution >= 4 is 39.5 Å². The number of rotatable bonds is 5. The Morgan fingerprint density at radius 2 is 1.79 bits per heavy atom. The van der Waals surface area contributed by atoms with Crippen LogP contribution in [-0.2, 0) is 16.9 Å². The van der Waals surface area contributed by atoms with Crippen LogP contribution < -0.4 is 5.32 Å². The van der Waals surface area contributed by atoms with Crippen molar-refractivity contribution in [3.8, 4) is 11.5 Å². The zero-order valence-electron chi connectivity index (χ0n) is 15.4. The molecule has 148 valence electrons. The van der Waals surface area contributed by atoms with Crippen molar-refractivity contribution in [1.29, 1.82) is 0 Å². The predicted octanol–water partition coefficient (Wildman–Crippen LogP) is 4.51. The SMILES string of the molecule is CCC1(c2ccc(Cl)cc2)NC(=O)N(Cc2nnc(-c3ccc(Br)cc3)o2)C1=O. The van der Waals surface area contributed by atoms with E-state index in [-0.39, 0.29) is 18.3 Å². The molecule has 29 heavy (non-hydrogen) atoms. The molecule has 3 amide bonds. The van der Waals surface area contributed by atoms with Crippen LogP contribution in [0.4, 0.5) is 4.79 Å². The molecule has 1 N–H and O–H groups in total. The van der Waals surface area contributed by atoms with Gasteiger partial charge in [-0.1, -0.05) is 46.6 Å². The molecule has 1 unspecified atom stereocenters. The molecule has 1 fully saturated rings. The van der Waals surface area contributed by atoms with Crippen LogP contribution in [0.25, 0.3) is 11.5 Å². The summed E-state index contributed by atoms with van der Waals surface area (Å²) in [6.45, 7) is 1.73. The fourth-order valence-corrected chi connectivity index (χ4v) is 3.70. The lowest BCUT2D eigenvalue weighted by Crippen LogP contribution is -2.43. The van der Waals surface area contributed by atoms with Crippen LogP contribution in [0.5, 0.6) is 0 Å². The molecule has 0 aliphatic carbocycles. The zero-order chi connectivity index (χ0) is 20.6. The summed E-state index contributed by atoms with van der Waals surface area (Å²) in [5.41, 5.74) is 0.274. The first-order chi connectivity index (χ1) is 13.9. The fraction of sp³-hybridized carbons (Fsp3) is 0.200. The van der Waals surface area contributed by atoms with Gasteiger partial charge in [-0.3, -0.25) is 9.69 Å². The highest BCUT2D eigenvalue weighted by Gasteiger charge is 2.51. The number of nitrogens with zero attached hydrogens (tertiary/aromatic N) is 3. The van der Waals surface area contributed by atoms with Gasteiger partial charge >= 0.3 is 6.03 Å². The van der Waals surface area contributed by atoms with E-state index in [1.807, 2.05) is 31.2 Å². The fourth-order valence-electron chi connectivity index (χ4n) is 3.31. The second-order valence-corrected chi connectivity index (χ2v) is 7.95. The van der Waals surface area contributed by atoms with Gasteiger partial charge in [0, 0.05) is 15.1 Å². The Morgan fingerprint density at radius 3 is 2.45 bits per heavy atom. The standard InChI is InChI=1S/C20H16BrClN4O3/c1-2-20(13-5-9-15(22)10-6-13)18(27)26(19(28)23-20)11-16-24-25-17(29-16)12-3-7-14(21)8-4-12/h3-10H,2,11H2,1H3,(H,23,28). The first-order valence-electron chi connectivity index (χ1n) is 8.91. The Labute approximate surface area is 180 Å². The summed E-state index contributed by atoms with van der Waals surface area (Å²) in [7, 11) is 0. The number of benzene rings is 2. The van der Waals surface area contributed by atoms with Crippen molar-refractivity contribution < 1.29 is 14.0 Å². The molecule has 1 aliphatic rings. The molecule has 1 saturated heterocycles. The molecule has 3 aromatic rings. The number of halogens is 2. The maximum atomic E-state index is 13.2. The Hall–Kier alpha value is -2.71. The smallest absolute Gasteiger partial charge is 0.325 e. The molecule has 0 spiro atoms. The highest BCUT2D eigenvalue weighted by molar-refractivity contribution is 9.10. The predicted molar refractivity (Wildman–Crippen MR) is 110 cm³/mol. The second kappa shape index (κ2) is 7.61. The van der Waals surface area contributed by atoms with Gasteiger partial charge in [0.1, 0.15) is 12.1 Å². The van der Waals surface area contributed by atoms with E-state index in [2.05, 4.69) is 31.4 Å². The summed E-state index contributed by atoms with van der Waals surface area (Å²) in [5, 5.41) is 11.4. The third kappa shape index (κ3) is 3.54. The molecule has 4 rings (SSSR count). The van der Waals surface area contributed by atoms with E-state index in [0.29, 0.717) is 22.9 Å². The minimum Gasteiger partial charge on any atom is -0.419 e. The normalized spacial score (nSPS) is 18.9. The van der Waals surface area contributed by atoms with Crippen LogP contribution in [-0.4, -0.2) is 27.0 Å². The maximum absolute atomic E-state index is 13.2. The Bertz CT molecular complexity index is 1070. The monoisotopic (exact) mass is 474 g/mol. The number of hydrogen-bond acceptors (Lipinski definition) is 5. The lowest BCUT2D eigenvalue weighted by Gasteiger charge is -2.25. The second-order valence-electron chi connectivity index (χ2n) is 6.60. The number of carbonyl (C=O) groups is 2. The highest BCUT2D eigenvalue weighted by Crippen LogP contribution is 2.34. The van der Waals surface area contributed by atoms with Crippen LogP contribution in [0.3, 0.4) is 0 Å². The average Bonchev–Trinajstić information content (AvgIpc) is 3.28. The molecule has 1 atom stereocenters. The van der Waals surface area contributed by atoms with E-state index in [1.165, 1.54) is 0 Å². The summed E-state index contributed by atoms with van der Waals surface area (Å²) < 4.78 is 6.59. The molecule has 7 nitrogen and oxygen atoms in total.